The summed E-state index contributed by atoms with van der Waals surface area (Å²) in [7, 11) is 0. The fraction of sp³-hybridized carbons (Fsp3) is 0.188. The second-order valence-electron chi connectivity index (χ2n) is 10.1. The summed E-state index contributed by atoms with van der Waals surface area (Å²) in [4.78, 5) is 30.9. The van der Waals surface area contributed by atoms with Crippen LogP contribution in [0.2, 0.25) is 0 Å². The normalized spacial score (nSPS) is 11.1. The first-order chi connectivity index (χ1) is 19.7. The third kappa shape index (κ3) is 7.92. The number of allylic oxidation sites excluding steroid dienone is 1. The highest BCUT2D eigenvalue weighted by atomic mass is 16.2. The van der Waals surface area contributed by atoms with Gasteiger partial charge in [-0.15, -0.1) is 0 Å². The number of hydrogen-bond donors (Lipinski definition) is 5. The van der Waals surface area contributed by atoms with Crippen molar-refractivity contribution in [2.75, 3.05) is 11.1 Å². The average Bonchev–Trinajstić information content (AvgIpc) is 2.94. The molecule has 0 bridgehead atoms. The SMILES string of the molecule is CC(C)Nc1ncc(-c2cc(N)cc(/C=C/Cc3ccccc3)c2)n(CC(=O)NCc2ccc(C(=N)N)cc2)c1=O. The van der Waals surface area contributed by atoms with E-state index in [1.807, 2.05) is 50.3 Å². The molecule has 1 heterocycles. The molecule has 0 spiro atoms. The lowest BCUT2D eigenvalue weighted by Gasteiger charge is -2.17. The zero-order valence-electron chi connectivity index (χ0n) is 23.2. The first-order valence-corrected chi connectivity index (χ1v) is 13.4. The van der Waals surface area contributed by atoms with Gasteiger partial charge in [0, 0.05) is 29.4 Å². The van der Waals surface area contributed by atoms with Crippen molar-refractivity contribution in [2.24, 2.45) is 5.73 Å². The molecule has 0 saturated carbocycles. The first kappa shape index (κ1) is 28.8. The van der Waals surface area contributed by atoms with Crippen LogP contribution in [0.25, 0.3) is 17.3 Å². The number of carbonyl (C=O) groups is 1. The van der Waals surface area contributed by atoms with Gasteiger partial charge in [-0.2, -0.15) is 0 Å². The van der Waals surface area contributed by atoms with E-state index in [0.29, 0.717) is 22.5 Å². The predicted molar refractivity (Wildman–Crippen MR) is 166 cm³/mol. The smallest absolute Gasteiger partial charge is 0.294 e. The van der Waals surface area contributed by atoms with Gasteiger partial charge in [0.25, 0.3) is 5.56 Å². The number of nitrogens with one attached hydrogen (secondary N) is 3. The van der Waals surface area contributed by atoms with E-state index in [0.717, 1.165) is 17.5 Å². The molecule has 4 rings (SSSR count). The van der Waals surface area contributed by atoms with Crippen molar-refractivity contribution < 1.29 is 4.79 Å². The monoisotopic (exact) mass is 549 g/mol. The van der Waals surface area contributed by atoms with Crippen LogP contribution < -0.4 is 27.7 Å². The van der Waals surface area contributed by atoms with Gasteiger partial charge in [-0.05, 0) is 55.2 Å². The number of nitrogens with two attached hydrogens (primary N) is 2. The molecule has 0 atom stereocenters. The predicted octanol–water partition coefficient (Wildman–Crippen LogP) is 4.17. The highest BCUT2D eigenvalue weighted by Gasteiger charge is 2.16. The van der Waals surface area contributed by atoms with Crippen LogP contribution in [-0.4, -0.2) is 27.3 Å². The molecule has 7 N–H and O–H groups in total. The first-order valence-electron chi connectivity index (χ1n) is 13.4. The Hall–Kier alpha value is -5.18. The summed E-state index contributed by atoms with van der Waals surface area (Å²) >= 11 is 0. The number of nitrogens with zero attached hydrogens (tertiary/aromatic N) is 2. The van der Waals surface area contributed by atoms with Gasteiger partial charge in [-0.3, -0.25) is 19.6 Å². The van der Waals surface area contributed by atoms with E-state index in [4.69, 9.17) is 16.9 Å². The van der Waals surface area contributed by atoms with Gasteiger partial charge >= 0.3 is 0 Å². The molecule has 210 valence electrons. The zero-order valence-corrected chi connectivity index (χ0v) is 23.2. The summed E-state index contributed by atoms with van der Waals surface area (Å²) in [6, 6.07) is 22.7. The maximum Gasteiger partial charge on any atom is 0.294 e. The maximum absolute atomic E-state index is 13.5. The Kier molecular flexibility index (Phi) is 9.32. The van der Waals surface area contributed by atoms with Gasteiger partial charge < -0.3 is 22.1 Å². The molecule has 0 aliphatic heterocycles. The standard InChI is InChI=1S/C32H35N7O2/c1-21(2)38-31-32(41)39(20-29(40)36-18-23-11-13-25(14-12-23)30(34)35)28(19-37-31)26-15-24(16-27(33)17-26)10-6-9-22-7-4-3-5-8-22/h3-8,10-17,19,21H,9,18,20,33H2,1-2H3,(H3,34,35)(H,36,40)(H,37,38)/b10-6+. The lowest BCUT2D eigenvalue weighted by atomic mass is 10.0. The second-order valence-corrected chi connectivity index (χ2v) is 10.1. The molecule has 9 nitrogen and oxygen atoms in total. The number of rotatable bonds is 11. The summed E-state index contributed by atoms with van der Waals surface area (Å²) in [6.07, 6.45) is 6.41. The van der Waals surface area contributed by atoms with E-state index in [2.05, 4.69) is 33.8 Å². The largest absolute Gasteiger partial charge is 0.399 e. The Morgan fingerprint density at radius 2 is 1.78 bits per heavy atom. The molecule has 0 unspecified atom stereocenters. The Morgan fingerprint density at radius 1 is 1.05 bits per heavy atom. The molecular formula is C32H35N7O2. The molecule has 4 aromatic rings. The summed E-state index contributed by atoms with van der Waals surface area (Å²) in [5.41, 5.74) is 16.6. The Morgan fingerprint density at radius 3 is 2.46 bits per heavy atom. The fourth-order valence-electron chi connectivity index (χ4n) is 4.32. The molecule has 0 radical (unpaired) electrons. The number of benzene rings is 3. The molecule has 0 aliphatic carbocycles. The van der Waals surface area contributed by atoms with Crippen LogP contribution >= 0.6 is 0 Å². The Balaban J connectivity index is 1.60. The number of amidine groups is 1. The Labute approximate surface area is 239 Å². The number of nitrogen functional groups attached to an aromatic ring is 2. The van der Waals surface area contributed by atoms with Crippen LogP contribution in [-0.2, 0) is 24.3 Å². The van der Waals surface area contributed by atoms with Crippen LogP contribution in [0.3, 0.4) is 0 Å². The number of amides is 1. The number of carbonyl (C=O) groups excluding carboxylic acids is 1. The molecule has 0 fully saturated rings. The van der Waals surface area contributed by atoms with Crippen LogP contribution in [0, 0.1) is 5.41 Å². The minimum absolute atomic E-state index is 0.0185. The van der Waals surface area contributed by atoms with E-state index in [9.17, 15) is 9.59 Å². The van der Waals surface area contributed by atoms with Gasteiger partial charge in [-0.1, -0.05) is 66.7 Å². The van der Waals surface area contributed by atoms with Crippen molar-refractivity contribution in [3.63, 3.8) is 0 Å². The zero-order chi connectivity index (χ0) is 29.4. The molecule has 1 amide bonds. The topological polar surface area (TPSA) is 152 Å². The van der Waals surface area contributed by atoms with Crippen LogP contribution in [0.4, 0.5) is 11.5 Å². The second kappa shape index (κ2) is 13.3. The molecule has 3 aromatic carbocycles. The van der Waals surface area contributed by atoms with Gasteiger partial charge in [0.1, 0.15) is 12.4 Å². The third-order valence-electron chi connectivity index (χ3n) is 6.32. The lowest BCUT2D eigenvalue weighted by molar-refractivity contribution is -0.121. The quantitative estimate of drug-likeness (QED) is 0.108. The minimum Gasteiger partial charge on any atom is -0.399 e. The van der Waals surface area contributed by atoms with Crippen LogP contribution in [0.1, 0.15) is 36.1 Å². The molecule has 9 heteroatoms. The van der Waals surface area contributed by atoms with Crippen molar-refractivity contribution in [1.29, 1.82) is 5.41 Å². The molecule has 41 heavy (non-hydrogen) atoms. The van der Waals surface area contributed by atoms with E-state index in [1.165, 1.54) is 10.1 Å². The molecule has 0 saturated heterocycles. The summed E-state index contributed by atoms with van der Waals surface area (Å²) in [5, 5.41) is 13.5. The van der Waals surface area contributed by atoms with Crippen LogP contribution in [0.5, 0.6) is 0 Å². The average molecular weight is 550 g/mol. The van der Waals surface area contributed by atoms with E-state index >= 15 is 0 Å². The Bertz CT molecular complexity index is 1610. The van der Waals surface area contributed by atoms with E-state index < -0.39 is 5.56 Å². The number of aromatic nitrogens is 2. The lowest BCUT2D eigenvalue weighted by Crippen LogP contribution is -2.35. The number of hydrogen-bond acceptors (Lipinski definition) is 6. The molecule has 0 aliphatic rings. The van der Waals surface area contributed by atoms with Gasteiger partial charge in [0.2, 0.25) is 5.91 Å². The fourth-order valence-corrected chi connectivity index (χ4v) is 4.32. The van der Waals surface area contributed by atoms with Crippen molar-refractivity contribution >= 4 is 29.3 Å². The van der Waals surface area contributed by atoms with Gasteiger partial charge in [0.15, 0.2) is 5.82 Å². The molecule has 1 aromatic heterocycles. The maximum atomic E-state index is 13.5. The van der Waals surface area contributed by atoms with Crippen molar-refractivity contribution in [2.45, 2.75) is 39.4 Å². The highest BCUT2D eigenvalue weighted by Crippen LogP contribution is 2.24. The number of anilines is 2. The van der Waals surface area contributed by atoms with Crippen molar-refractivity contribution in [3.05, 3.63) is 118 Å². The van der Waals surface area contributed by atoms with Crippen LogP contribution in [0.15, 0.2) is 89.9 Å². The van der Waals surface area contributed by atoms with Gasteiger partial charge in [0.05, 0.1) is 11.9 Å². The van der Waals surface area contributed by atoms with Crippen molar-refractivity contribution in [3.8, 4) is 11.3 Å². The van der Waals surface area contributed by atoms with E-state index in [1.54, 1.807) is 36.5 Å². The highest BCUT2D eigenvalue weighted by molar-refractivity contribution is 5.94. The third-order valence-corrected chi connectivity index (χ3v) is 6.32. The minimum atomic E-state index is -0.402. The summed E-state index contributed by atoms with van der Waals surface area (Å²) in [5.74, 6) is -0.187. The van der Waals surface area contributed by atoms with Crippen molar-refractivity contribution in [1.82, 2.24) is 14.9 Å². The van der Waals surface area contributed by atoms with E-state index in [-0.39, 0.29) is 36.7 Å². The summed E-state index contributed by atoms with van der Waals surface area (Å²) < 4.78 is 1.41. The van der Waals surface area contributed by atoms with Gasteiger partial charge in [-0.25, -0.2) is 4.98 Å². The molecular weight excluding hydrogens is 514 g/mol. The summed E-state index contributed by atoms with van der Waals surface area (Å²) in [6.45, 7) is 3.88.